The summed E-state index contributed by atoms with van der Waals surface area (Å²) in [5.74, 6) is 0. The third kappa shape index (κ3) is 1.80. The molecule has 1 aromatic carbocycles. The molecule has 8 heteroatoms. The van der Waals surface area contributed by atoms with Gasteiger partial charge >= 0.3 is 109 Å². The Morgan fingerprint density at radius 3 is 2.11 bits per heavy atom. The van der Waals surface area contributed by atoms with Gasteiger partial charge in [-0.1, -0.05) is 0 Å². The van der Waals surface area contributed by atoms with Gasteiger partial charge in [-0.05, 0) is 0 Å². The predicted octanol–water partition coefficient (Wildman–Crippen LogP) is 0.519. The fraction of sp³-hybridized carbons (Fsp3) is 0.400. The van der Waals surface area contributed by atoms with E-state index in [1.165, 1.54) is 19.1 Å². The van der Waals surface area contributed by atoms with Crippen molar-refractivity contribution < 1.29 is 51.0 Å². The molecule has 1 aromatic rings. The van der Waals surface area contributed by atoms with E-state index in [1.807, 2.05) is 0 Å². The first-order chi connectivity index (χ1) is 8.09. The Morgan fingerprint density at radius 1 is 1.06 bits per heavy atom. The van der Waals surface area contributed by atoms with Gasteiger partial charge in [-0.3, -0.25) is 0 Å². The van der Waals surface area contributed by atoms with Gasteiger partial charge < -0.3 is 0 Å². The fourth-order valence-electron chi connectivity index (χ4n) is 1.67. The fourth-order valence-corrected chi connectivity index (χ4v) is 4.07. The van der Waals surface area contributed by atoms with Gasteiger partial charge in [0.25, 0.3) is 0 Å². The Kier molecular flexibility index (Phi) is 3.08. The van der Waals surface area contributed by atoms with Crippen molar-refractivity contribution in [2.75, 3.05) is 0 Å². The van der Waals surface area contributed by atoms with Gasteiger partial charge in [-0.15, -0.1) is 0 Å². The van der Waals surface area contributed by atoms with Crippen molar-refractivity contribution in [1.29, 1.82) is 0 Å². The molecule has 0 bridgehead atoms. The van der Waals surface area contributed by atoms with Crippen molar-refractivity contribution >= 4 is 0 Å². The average Bonchev–Trinajstić information content (AvgIpc) is 2.54. The molecule has 0 saturated carbocycles. The maximum absolute atomic E-state index is 12.9. The molecule has 1 aliphatic rings. The summed E-state index contributed by atoms with van der Waals surface area (Å²) in [5.41, 5.74) is -4.63. The first kappa shape index (κ1) is 13.9. The quantitative estimate of drug-likeness (QED) is 0.469. The Bertz CT molecular complexity index is 464. The number of hydrogen-bond donors (Lipinski definition) is 0. The van der Waals surface area contributed by atoms with Gasteiger partial charge in [0.15, 0.2) is 0 Å². The summed E-state index contributed by atoms with van der Waals surface area (Å²) in [6.07, 6.45) is -11.0. The minimum absolute atomic E-state index is 0.0223. The molecule has 1 nitrogen and oxygen atoms in total. The van der Waals surface area contributed by atoms with Crippen LogP contribution in [-0.2, 0) is 8.67 Å². The van der Waals surface area contributed by atoms with Crippen molar-refractivity contribution in [1.82, 2.24) is 0 Å². The van der Waals surface area contributed by atoms with Crippen LogP contribution in [-0.4, -0.2) is 12.4 Å². The first-order valence-electron chi connectivity index (χ1n) is 4.67. The molecule has 0 aliphatic carbocycles. The zero-order valence-electron chi connectivity index (χ0n) is 8.79. The van der Waals surface area contributed by atoms with E-state index >= 15 is 0 Å². The molecule has 2 rings (SSSR count). The summed E-state index contributed by atoms with van der Waals surface area (Å²) < 4.78 is 81.6. The third-order valence-corrected chi connectivity index (χ3v) is 4.83. The van der Waals surface area contributed by atoms with Crippen LogP contribution in [0.1, 0.15) is 11.1 Å². The van der Waals surface area contributed by atoms with Gasteiger partial charge in [-0.2, -0.15) is 0 Å². The van der Waals surface area contributed by atoms with Crippen LogP contribution in [0.3, 0.4) is 0 Å². The number of halogens is 7. The van der Waals surface area contributed by atoms with Crippen LogP contribution < -0.4 is 21.6 Å². The zero-order chi connectivity index (χ0) is 13.8. The molecule has 0 spiro atoms. The summed E-state index contributed by atoms with van der Waals surface area (Å²) in [7, 11) is 0. The maximum atomic E-state index is 12.9. The third-order valence-electron chi connectivity index (χ3n) is 2.54. The number of rotatable bonds is 0. The summed E-state index contributed by atoms with van der Waals surface area (Å²) >= 11 is -1.75. The molecule has 102 valence electrons. The molecule has 0 N–H and O–H groups in total. The van der Waals surface area contributed by atoms with E-state index in [0.29, 0.717) is 5.56 Å². The second-order valence-corrected chi connectivity index (χ2v) is 5.86. The SMILES string of the molecule is Cc1ccc2c(c1)C(C(F)(F)F)(C(F)(F)F)O[I-]2. The van der Waals surface area contributed by atoms with Crippen molar-refractivity contribution in [3.8, 4) is 0 Å². The minimum atomic E-state index is -5.52. The van der Waals surface area contributed by atoms with Crippen molar-refractivity contribution in [2.45, 2.75) is 24.9 Å². The molecule has 0 aromatic heterocycles. The topological polar surface area (TPSA) is 9.23 Å². The van der Waals surface area contributed by atoms with Crippen LogP contribution in [0.15, 0.2) is 18.2 Å². The van der Waals surface area contributed by atoms with E-state index in [1.54, 1.807) is 0 Å². The Labute approximate surface area is 109 Å². The summed E-state index contributed by atoms with van der Waals surface area (Å²) in [5, 5.41) is 0. The van der Waals surface area contributed by atoms with E-state index < -0.39 is 45.1 Å². The van der Waals surface area contributed by atoms with Crippen molar-refractivity contribution in [3.05, 3.63) is 32.9 Å². The molecule has 18 heavy (non-hydrogen) atoms. The number of aryl methyl sites for hydroxylation is 1. The van der Waals surface area contributed by atoms with Crippen LogP contribution in [0.4, 0.5) is 26.3 Å². The standard InChI is InChI=1S/C10H6F6IO/c1-5-2-3-7-6(4-5)8(18-17-7,9(11,12)13)10(14,15)16/h2-4H,1H3/q-1. The molecule has 0 atom stereocenters. The van der Waals surface area contributed by atoms with Crippen LogP contribution in [0.5, 0.6) is 0 Å². The Balaban J connectivity index is 2.72. The second kappa shape index (κ2) is 3.99. The number of hydrogen-bond acceptors (Lipinski definition) is 1. The average molecular weight is 383 g/mol. The second-order valence-electron chi connectivity index (χ2n) is 3.81. The molecule has 1 aliphatic heterocycles. The predicted molar refractivity (Wildman–Crippen MR) is 44.7 cm³/mol. The molecular weight excluding hydrogens is 377 g/mol. The molecule has 0 amide bonds. The van der Waals surface area contributed by atoms with Crippen LogP contribution in [0.25, 0.3) is 0 Å². The zero-order valence-corrected chi connectivity index (χ0v) is 10.9. The van der Waals surface area contributed by atoms with E-state index in [9.17, 15) is 26.3 Å². The van der Waals surface area contributed by atoms with E-state index in [4.69, 9.17) is 0 Å². The molecule has 0 unspecified atom stereocenters. The van der Waals surface area contributed by atoms with Gasteiger partial charge in [0.1, 0.15) is 0 Å². The van der Waals surface area contributed by atoms with Crippen LogP contribution in [0.2, 0.25) is 0 Å². The summed E-state index contributed by atoms with van der Waals surface area (Å²) in [6.45, 7) is 1.44. The van der Waals surface area contributed by atoms with Gasteiger partial charge in [0.2, 0.25) is 0 Å². The normalized spacial score (nSPS) is 19.3. The monoisotopic (exact) mass is 383 g/mol. The van der Waals surface area contributed by atoms with Gasteiger partial charge in [-0.25, -0.2) is 0 Å². The van der Waals surface area contributed by atoms with Crippen LogP contribution in [0, 0.1) is 10.5 Å². The van der Waals surface area contributed by atoms with E-state index in [-0.39, 0.29) is 3.57 Å². The molecular formula is C10H6F6IO-. The van der Waals surface area contributed by atoms with Crippen LogP contribution >= 0.6 is 0 Å². The van der Waals surface area contributed by atoms with Crippen molar-refractivity contribution in [2.24, 2.45) is 0 Å². The Morgan fingerprint density at radius 2 is 1.61 bits per heavy atom. The van der Waals surface area contributed by atoms with E-state index in [2.05, 4.69) is 3.07 Å². The van der Waals surface area contributed by atoms with Gasteiger partial charge in [0.05, 0.1) is 0 Å². The number of alkyl halides is 6. The molecule has 1 heterocycles. The van der Waals surface area contributed by atoms with E-state index in [0.717, 1.165) is 6.07 Å². The molecule has 0 saturated heterocycles. The molecule has 0 fully saturated rings. The summed E-state index contributed by atoms with van der Waals surface area (Å²) in [6, 6.07) is 3.66. The van der Waals surface area contributed by atoms with Crippen molar-refractivity contribution in [3.63, 3.8) is 0 Å². The first-order valence-corrected chi connectivity index (χ1v) is 6.63. The van der Waals surface area contributed by atoms with Gasteiger partial charge in [0, 0.05) is 0 Å². The number of benzene rings is 1. The number of fused-ring (bicyclic) bond motifs is 1. The Hall–Kier alpha value is -0.510. The summed E-state index contributed by atoms with van der Waals surface area (Å²) in [4.78, 5) is 0. The molecule has 0 radical (unpaired) electrons.